The summed E-state index contributed by atoms with van der Waals surface area (Å²) in [6, 6.07) is 26.1. The summed E-state index contributed by atoms with van der Waals surface area (Å²) < 4.78 is 40.9. The minimum Gasteiger partial charge on any atom is -0.493 e. The first-order valence-electron chi connectivity index (χ1n) is 16.5. The van der Waals surface area contributed by atoms with E-state index in [0.717, 1.165) is 45.0 Å². The first-order valence-corrected chi connectivity index (χ1v) is 17.9. The molecule has 4 rings (SSSR count). The van der Waals surface area contributed by atoms with Crippen LogP contribution >= 0.6 is 0 Å². The number of methoxy groups -OCH3 is 2. The van der Waals surface area contributed by atoms with Crippen molar-refractivity contribution in [3.63, 3.8) is 0 Å². The molecule has 1 N–H and O–H groups in total. The molecule has 0 aromatic heterocycles. The van der Waals surface area contributed by atoms with Gasteiger partial charge in [0, 0.05) is 25.6 Å². The molecule has 0 saturated carbocycles. The van der Waals surface area contributed by atoms with E-state index in [1.54, 1.807) is 12.1 Å². The molecule has 0 saturated heterocycles. The van der Waals surface area contributed by atoms with Gasteiger partial charge >= 0.3 is 0 Å². The largest absolute Gasteiger partial charge is 0.493 e. The maximum atomic E-state index is 14.7. The summed E-state index contributed by atoms with van der Waals surface area (Å²) in [7, 11) is -1.42. The van der Waals surface area contributed by atoms with Gasteiger partial charge in [-0.1, -0.05) is 79.6 Å². The molecular weight excluding hydrogens is 639 g/mol. The number of sulfonamides is 1. The number of unbranched alkanes of at least 4 members (excludes halogenated alkanes) is 1. The molecule has 10 heteroatoms. The van der Waals surface area contributed by atoms with E-state index in [9.17, 15) is 18.0 Å². The minimum atomic E-state index is -4.33. The van der Waals surface area contributed by atoms with Crippen LogP contribution < -0.4 is 19.1 Å². The number of hydrogen-bond acceptors (Lipinski definition) is 6. The molecule has 1 unspecified atom stereocenters. The Morgan fingerprint density at radius 1 is 0.776 bits per heavy atom. The predicted molar refractivity (Wildman–Crippen MR) is 194 cm³/mol. The van der Waals surface area contributed by atoms with Crippen LogP contribution in [-0.2, 0) is 32.6 Å². The van der Waals surface area contributed by atoms with E-state index in [1.807, 2.05) is 88.4 Å². The van der Waals surface area contributed by atoms with Gasteiger partial charge in [-0.05, 0) is 73.7 Å². The lowest BCUT2D eigenvalue weighted by molar-refractivity contribution is -0.140. The van der Waals surface area contributed by atoms with Gasteiger partial charge in [0.05, 0.1) is 24.8 Å². The number of aryl methyl sites for hydroxylation is 3. The molecule has 0 spiro atoms. The highest BCUT2D eigenvalue weighted by molar-refractivity contribution is 7.92. The maximum Gasteiger partial charge on any atom is 0.264 e. The number of rotatable bonds is 16. The van der Waals surface area contributed by atoms with Gasteiger partial charge < -0.3 is 19.7 Å². The molecule has 0 aliphatic carbocycles. The van der Waals surface area contributed by atoms with E-state index >= 15 is 0 Å². The number of nitrogens with one attached hydrogen (secondary N) is 1. The van der Waals surface area contributed by atoms with E-state index in [-0.39, 0.29) is 29.5 Å². The molecular formula is C39H47N3O6S. The fraction of sp³-hybridized carbons (Fsp3) is 0.333. The van der Waals surface area contributed by atoms with Crippen molar-refractivity contribution in [2.75, 3.05) is 31.6 Å². The lowest BCUT2D eigenvalue weighted by Crippen LogP contribution is -2.53. The molecule has 0 bridgehead atoms. The van der Waals surface area contributed by atoms with Crippen molar-refractivity contribution in [1.82, 2.24) is 10.2 Å². The summed E-state index contributed by atoms with van der Waals surface area (Å²) in [5, 5.41) is 3.03. The molecule has 2 amide bonds. The van der Waals surface area contributed by atoms with E-state index < -0.39 is 28.5 Å². The second kappa shape index (κ2) is 17.0. The zero-order valence-electron chi connectivity index (χ0n) is 29.2. The van der Waals surface area contributed by atoms with Gasteiger partial charge in [-0.25, -0.2) is 8.42 Å². The van der Waals surface area contributed by atoms with Crippen molar-refractivity contribution in [3.05, 3.63) is 119 Å². The summed E-state index contributed by atoms with van der Waals surface area (Å²) in [6.07, 6.45) is 1.94. The van der Waals surface area contributed by atoms with Crippen molar-refractivity contribution < 1.29 is 27.5 Å². The first kappa shape index (κ1) is 37.0. The van der Waals surface area contributed by atoms with Gasteiger partial charge in [-0.2, -0.15) is 0 Å². The summed E-state index contributed by atoms with van der Waals surface area (Å²) in [6.45, 7) is 7.79. The van der Waals surface area contributed by atoms with Crippen molar-refractivity contribution in [1.29, 1.82) is 0 Å². The molecule has 0 aliphatic rings. The second-order valence-electron chi connectivity index (χ2n) is 12.2. The number of hydrogen-bond donors (Lipinski definition) is 1. The van der Waals surface area contributed by atoms with E-state index in [0.29, 0.717) is 18.0 Å². The second-order valence-corrected chi connectivity index (χ2v) is 14.1. The number of carbonyl (C=O) groups is 2. The molecule has 0 aliphatic heterocycles. The molecule has 4 aromatic carbocycles. The van der Waals surface area contributed by atoms with Crippen molar-refractivity contribution in [2.45, 2.75) is 64.4 Å². The van der Waals surface area contributed by atoms with Crippen LogP contribution in [0.2, 0.25) is 0 Å². The van der Waals surface area contributed by atoms with Crippen LogP contribution in [0.1, 0.15) is 47.6 Å². The Morgan fingerprint density at radius 3 is 2.08 bits per heavy atom. The van der Waals surface area contributed by atoms with Gasteiger partial charge in [0.2, 0.25) is 11.8 Å². The Kier molecular flexibility index (Phi) is 12.8. The quantitative estimate of drug-likeness (QED) is 0.137. The smallest absolute Gasteiger partial charge is 0.264 e. The van der Waals surface area contributed by atoms with Crippen LogP contribution in [0.3, 0.4) is 0 Å². The molecule has 1 atom stereocenters. The number of nitrogens with zero attached hydrogens (tertiary/aromatic N) is 2. The summed E-state index contributed by atoms with van der Waals surface area (Å²) in [4.78, 5) is 30.2. The van der Waals surface area contributed by atoms with Gasteiger partial charge in [-0.15, -0.1) is 0 Å². The lowest BCUT2D eigenvalue weighted by Gasteiger charge is -2.34. The van der Waals surface area contributed by atoms with Crippen molar-refractivity contribution in [3.8, 4) is 11.5 Å². The first-order chi connectivity index (χ1) is 23.5. The fourth-order valence-corrected chi connectivity index (χ4v) is 7.21. The van der Waals surface area contributed by atoms with Gasteiger partial charge in [0.15, 0.2) is 11.5 Å². The third-order valence-corrected chi connectivity index (χ3v) is 10.0. The Labute approximate surface area is 290 Å². The van der Waals surface area contributed by atoms with Crippen LogP contribution in [0, 0.1) is 20.8 Å². The molecule has 9 nitrogen and oxygen atoms in total. The molecule has 260 valence electrons. The predicted octanol–water partition coefficient (Wildman–Crippen LogP) is 6.38. The number of carbonyl (C=O) groups excluding carboxylic acids is 2. The van der Waals surface area contributed by atoms with E-state index in [4.69, 9.17) is 9.47 Å². The highest BCUT2D eigenvalue weighted by Crippen LogP contribution is 2.33. The van der Waals surface area contributed by atoms with Crippen LogP contribution in [0.25, 0.3) is 0 Å². The summed E-state index contributed by atoms with van der Waals surface area (Å²) in [5.74, 6) is -0.198. The zero-order chi connectivity index (χ0) is 35.6. The molecule has 0 heterocycles. The number of benzene rings is 4. The molecule has 0 fully saturated rings. The maximum absolute atomic E-state index is 14.7. The highest BCUT2D eigenvalue weighted by Gasteiger charge is 2.35. The summed E-state index contributed by atoms with van der Waals surface area (Å²) in [5.41, 5.74) is 4.72. The topological polar surface area (TPSA) is 105 Å². The van der Waals surface area contributed by atoms with Crippen LogP contribution in [0.4, 0.5) is 5.69 Å². The molecule has 49 heavy (non-hydrogen) atoms. The van der Waals surface area contributed by atoms with Gasteiger partial charge in [0.1, 0.15) is 12.6 Å². The standard InChI is InChI=1S/C39H47N3O6S/c1-7-8-19-40-39(44)35(24-31-14-10-9-11-15-31)41(26-32-16-12-13-28(2)21-32)38(43)27-42(33-22-29(3)20-30(4)23-33)49(45,46)34-17-18-36(47-5)37(25-34)48-6/h9-18,20-23,25,35H,7-8,19,24,26-27H2,1-6H3,(H,40,44). The lowest BCUT2D eigenvalue weighted by atomic mass is 10.0. The average Bonchev–Trinajstić information content (AvgIpc) is 3.08. The molecule has 0 radical (unpaired) electrons. The fourth-order valence-electron chi connectivity index (χ4n) is 5.79. The van der Waals surface area contributed by atoms with E-state index in [2.05, 4.69) is 5.32 Å². The Balaban J connectivity index is 1.84. The Morgan fingerprint density at radius 2 is 1.45 bits per heavy atom. The normalized spacial score (nSPS) is 11.8. The van der Waals surface area contributed by atoms with Gasteiger partial charge in [-0.3, -0.25) is 13.9 Å². The van der Waals surface area contributed by atoms with Crippen LogP contribution in [0.15, 0.2) is 95.9 Å². The Bertz CT molecular complexity index is 1820. The third-order valence-electron chi connectivity index (χ3n) is 8.25. The number of ether oxygens (including phenoxy) is 2. The third kappa shape index (κ3) is 9.63. The summed E-state index contributed by atoms with van der Waals surface area (Å²) >= 11 is 0. The number of amides is 2. The van der Waals surface area contributed by atoms with Crippen molar-refractivity contribution in [2.24, 2.45) is 0 Å². The SMILES string of the molecule is CCCCNC(=O)C(Cc1ccccc1)N(Cc1cccc(C)c1)C(=O)CN(c1cc(C)cc(C)c1)S(=O)(=O)c1ccc(OC)c(OC)c1. The monoisotopic (exact) mass is 685 g/mol. The average molecular weight is 686 g/mol. The van der Waals surface area contributed by atoms with Crippen LogP contribution in [-0.4, -0.2) is 58.5 Å². The van der Waals surface area contributed by atoms with Gasteiger partial charge in [0.25, 0.3) is 10.0 Å². The van der Waals surface area contributed by atoms with Crippen molar-refractivity contribution >= 4 is 27.5 Å². The molecule has 4 aromatic rings. The zero-order valence-corrected chi connectivity index (χ0v) is 30.0. The minimum absolute atomic E-state index is 0.0690. The van der Waals surface area contributed by atoms with E-state index in [1.165, 1.54) is 37.3 Å². The highest BCUT2D eigenvalue weighted by atomic mass is 32.2. The van der Waals surface area contributed by atoms with Crippen LogP contribution in [0.5, 0.6) is 11.5 Å². The Hall–Kier alpha value is -4.83. The number of anilines is 1.